The van der Waals surface area contributed by atoms with Gasteiger partial charge in [0.25, 0.3) is 11.7 Å². The molecule has 0 aliphatic carbocycles. The van der Waals surface area contributed by atoms with E-state index in [0.717, 1.165) is 11.1 Å². The van der Waals surface area contributed by atoms with Crippen molar-refractivity contribution in [3.8, 4) is 5.75 Å². The number of benzene rings is 2. The highest BCUT2D eigenvalue weighted by Crippen LogP contribution is 2.45. The van der Waals surface area contributed by atoms with Crippen molar-refractivity contribution in [2.24, 2.45) is 0 Å². The number of aliphatic hydroxyl groups is 1. The quantitative estimate of drug-likeness (QED) is 0.390. The summed E-state index contributed by atoms with van der Waals surface area (Å²) in [4.78, 5) is 31.8. The first-order chi connectivity index (χ1) is 14.9. The molecule has 2 aromatic carbocycles. The number of aliphatic hydroxyl groups excluding tert-OH is 1. The van der Waals surface area contributed by atoms with Crippen molar-refractivity contribution in [3.63, 3.8) is 0 Å². The van der Waals surface area contributed by atoms with Crippen LogP contribution in [-0.4, -0.2) is 28.9 Å². The molecular formula is C25H22N2O4. The molecule has 6 heteroatoms. The number of pyridine rings is 1. The number of methoxy groups -OCH3 is 1. The number of anilines is 1. The Morgan fingerprint density at radius 1 is 1.00 bits per heavy atom. The largest absolute Gasteiger partial charge is 0.507 e. The van der Waals surface area contributed by atoms with Crippen molar-refractivity contribution in [2.45, 2.75) is 19.9 Å². The lowest BCUT2D eigenvalue weighted by Crippen LogP contribution is -2.29. The second-order valence-corrected chi connectivity index (χ2v) is 7.42. The molecule has 0 radical (unpaired) electrons. The summed E-state index contributed by atoms with van der Waals surface area (Å²) < 4.78 is 5.53. The number of ketones is 1. The van der Waals surface area contributed by atoms with Crippen LogP contribution in [-0.2, 0) is 9.59 Å². The monoisotopic (exact) mass is 414 g/mol. The van der Waals surface area contributed by atoms with Crippen LogP contribution in [0.15, 0.2) is 72.6 Å². The molecule has 1 amide bonds. The SMILES string of the molecule is COc1ccccc1C1/C(=C(\O)c2ccncc2)C(=O)C(=O)N1c1ccc(C)c(C)c1. The number of nitrogens with zero attached hydrogens (tertiary/aromatic N) is 2. The van der Waals surface area contributed by atoms with Crippen LogP contribution < -0.4 is 9.64 Å². The summed E-state index contributed by atoms with van der Waals surface area (Å²) in [5.41, 5.74) is 3.68. The number of para-hydroxylation sites is 1. The standard InChI is InChI=1S/C25H22N2O4/c1-15-8-9-18(14-16(15)2)27-22(19-6-4-5-7-20(19)31-3)21(24(29)25(27)30)23(28)17-10-12-26-13-11-17/h4-14,22,28H,1-3H3/b23-21+. The number of hydrogen-bond donors (Lipinski definition) is 1. The Kier molecular flexibility index (Phi) is 5.29. The van der Waals surface area contributed by atoms with E-state index in [1.165, 1.54) is 24.4 Å². The van der Waals surface area contributed by atoms with Gasteiger partial charge in [-0.15, -0.1) is 0 Å². The van der Waals surface area contributed by atoms with Gasteiger partial charge in [0.2, 0.25) is 0 Å². The normalized spacial score (nSPS) is 17.8. The molecule has 0 bridgehead atoms. The van der Waals surface area contributed by atoms with Crippen LogP contribution in [0.4, 0.5) is 5.69 Å². The number of carbonyl (C=O) groups excluding carboxylic acids is 2. The van der Waals surface area contributed by atoms with Gasteiger partial charge in [-0.2, -0.15) is 0 Å². The van der Waals surface area contributed by atoms with Crippen LogP contribution in [0.25, 0.3) is 5.76 Å². The molecule has 0 saturated carbocycles. The molecule has 1 saturated heterocycles. The van der Waals surface area contributed by atoms with E-state index in [0.29, 0.717) is 22.6 Å². The molecule has 1 aliphatic heterocycles. The van der Waals surface area contributed by atoms with E-state index in [9.17, 15) is 14.7 Å². The van der Waals surface area contributed by atoms with Gasteiger partial charge in [0.15, 0.2) is 0 Å². The van der Waals surface area contributed by atoms with Crippen molar-refractivity contribution in [1.82, 2.24) is 4.98 Å². The Morgan fingerprint density at radius 3 is 2.39 bits per heavy atom. The smallest absolute Gasteiger partial charge is 0.300 e. The van der Waals surface area contributed by atoms with Crippen LogP contribution in [0.3, 0.4) is 0 Å². The summed E-state index contributed by atoms with van der Waals surface area (Å²) in [5.74, 6) is -1.18. The van der Waals surface area contributed by atoms with Gasteiger partial charge in [0.05, 0.1) is 18.7 Å². The summed E-state index contributed by atoms with van der Waals surface area (Å²) in [6.07, 6.45) is 3.04. The van der Waals surface area contributed by atoms with Gasteiger partial charge in [-0.25, -0.2) is 0 Å². The van der Waals surface area contributed by atoms with Crippen LogP contribution >= 0.6 is 0 Å². The number of hydrogen-bond acceptors (Lipinski definition) is 5. The summed E-state index contributed by atoms with van der Waals surface area (Å²) in [5, 5.41) is 11.1. The minimum absolute atomic E-state index is 0.0129. The van der Waals surface area contributed by atoms with Crippen molar-refractivity contribution < 1.29 is 19.4 Å². The van der Waals surface area contributed by atoms with Gasteiger partial charge >= 0.3 is 0 Å². The van der Waals surface area contributed by atoms with Crippen LogP contribution in [0.5, 0.6) is 5.75 Å². The Morgan fingerprint density at radius 2 is 1.71 bits per heavy atom. The number of Topliss-reactive ketones (excluding diaryl/α,β-unsaturated/α-hetero) is 1. The van der Waals surface area contributed by atoms with E-state index in [2.05, 4.69) is 4.98 Å². The Labute approximate surface area is 180 Å². The maximum absolute atomic E-state index is 13.2. The van der Waals surface area contributed by atoms with Crippen molar-refractivity contribution >= 4 is 23.1 Å². The van der Waals surface area contributed by atoms with E-state index in [-0.39, 0.29) is 11.3 Å². The molecule has 2 heterocycles. The lowest BCUT2D eigenvalue weighted by atomic mass is 9.94. The molecule has 1 atom stereocenters. The third-order valence-corrected chi connectivity index (χ3v) is 5.60. The van der Waals surface area contributed by atoms with Crippen molar-refractivity contribution in [3.05, 3.63) is 94.8 Å². The van der Waals surface area contributed by atoms with E-state index in [4.69, 9.17) is 4.74 Å². The van der Waals surface area contributed by atoms with E-state index in [1.807, 2.05) is 44.2 Å². The first-order valence-electron chi connectivity index (χ1n) is 9.85. The molecule has 4 rings (SSSR count). The molecule has 156 valence electrons. The summed E-state index contributed by atoms with van der Waals surface area (Å²) >= 11 is 0. The fourth-order valence-electron chi connectivity index (χ4n) is 3.83. The second-order valence-electron chi connectivity index (χ2n) is 7.42. The van der Waals surface area contributed by atoms with Gasteiger partial charge < -0.3 is 9.84 Å². The molecule has 6 nitrogen and oxygen atoms in total. The predicted octanol–water partition coefficient (Wildman–Crippen LogP) is 4.33. The van der Waals surface area contributed by atoms with E-state index in [1.54, 1.807) is 24.3 Å². The van der Waals surface area contributed by atoms with Crippen LogP contribution in [0.1, 0.15) is 28.3 Å². The lowest BCUT2D eigenvalue weighted by Gasteiger charge is -2.27. The number of aromatic nitrogens is 1. The molecule has 1 N–H and O–H groups in total. The lowest BCUT2D eigenvalue weighted by molar-refractivity contribution is -0.132. The highest BCUT2D eigenvalue weighted by molar-refractivity contribution is 6.51. The zero-order valence-electron chi connectivity index (χ0n) is 17.5. The number of aryl methyl sites for hydroxylation is 2. The zero-order chi connectivity index (χ0) is 22.1. The van der Waals surface area contributed by atoms with Crippen LogP contribution in [0, 0.1) is 13.8 Å². The Balaban J connectivity index is 2.00. The number of carbonyl (C=O) groups is 2. The third-order valence-electron chi connectivity index (χ3n) is 5.60. The molecular weight excluding hydrogens is 392 g/mol. The topological polar surface area (TPSA) is 79.7 Å². The zero-order valence-corrected chi connectivity index (χ0v) is 17.5. The minimum atomic E-state index is -0.841. The Hall–Kier alpha value is -3.93. The highest BCUT2D eigenvalue weighted by atomic mass is 16.5. The van der Waals surface area contributed by atoms with Gasteiger partial charge in [-0.05, 0) is 55.3 Å². The van der Waals surface area contributed by atoms with Crippen molar-refractivity contribution in [1.29, 1.82) is 0 Å². The molecule has 3 aromatic rings. The molecule has 1 aliphatic rings. The number of amides is 1. The van der Waals surface area contributed by atoms with E-state index < -0.39 is 17.7 Å². The third kappa shape index (κ3) is 3.46. The van der Waals surface area contributed by atoms with Gasteiger partial charge in [0.1, 0.15) is 11.5 Å². The first kappa shape index (κ1) is 20.3. The highest BCUT2D eigenvalue weighted by Gasteiger charge is 2.47. The van der Waals surface area contributed by atoms with E-state index >= 15 is 0 Å². The maximum atomic E-state index is 13.2. The fraction of sp³-hybridized carbons (Fsp3) is 0.160. The first-order valence-corrected chi connectivity index (χ1v) is 9.85. The number of ether oxygens (including phenoxy) is 1. The Bertz CT molecular complexity index is 1200. The van der Waals surface area contributed by atoms with Gasteiger partial charge in [-0.1, -0.05) is 24.3 Å². The molecule has 31 heavy (non-hydrogen) atoms. The number of rotatable bonds is 4. The van der Waals surface area contributed by atoms with Gasteiger partial charge in [0, 0.05) is 29.2 Å². The minimum Gasteiger partial charge on any atom is -0.507 e. The van der Waals surface area contributed by atoms with Gasteiger partial charge in [-0.3, -0.25) is 19.5 Å². The summed E-state index contributed by atoms with van der Waals surface area (Å²) in [7, 11) is 1.53. The second kappa shape index (κ2) is 8.07. The molecule has 1 unspecified atom stereocenters. The average molecular weight is 414 g/mol. The average Bonchev–Trinajstić information content (AvgIpc) is 3.06. The van der Waals surface area contributed by atoms with Crippen molar-refractivity contribution in [2.75, 3.05) is 12.0 Å². The summed E-state index contributed by atoms with van der Waals surface area (Å²) in [6.45, 7) is 3.93. The molecule has 1 aromatic heterocycles. The maximum Gasteiger partial charge on any atom is 0.300 e. The van der Waals surface area contributed by atoms with Crippen LogP contribution in [0.2, 0.25) is 0 Å². The molecule has 1 fully saturated rings. The molecule has 0 spiro atoms. The predicted molar refractivity (Wildman–Crippen MR) is 118 cm³/mol. The fourth-order valence-corrected chi connectivity index (χ4v) is 3.83. The summed E-state index contributed by atoms with van der Waals surface area (Å²) in [6, 6.07) is 15.1.